The average molecular weight is 365 g/mol. The molecule has 0 unspecified atom stereocenters. The second-order valence-corrected chi connectivity index (χ2v) is 10.3. The number of para-hydroxylation sites is 2. The van der Waals surface area contributed by atoms with Crippen molar-refractivity contribution in [3.05, 3.63) is 77.5 Å². The molecule has 0 saturated carbocycles. The molecule has 6 rings (SSSR count). The van der Waals surface area contributed by atoms with Crippen LogP contribution in [0.5, 0.6) is 0 Å². The van der Waals surface area contributed by atoms with Crippen molar-refractivity contribution in [2.75, 3.05) is 0 Å². The van der Waals surface area contributed by atoms with Crippen molar-refractivity contribution < 1.29 is 0 Å². The van der Waals surface area contributed by atoms with Crippen molar-refractivity contribution in [1.82, 2.24) is 4.57 Å². The van der Waals surface area contributed by atoms with Crippen LogP contribution in [0.2, 0.25) is 6.55 Å². The molecule has 2 aliphatic rings. The smallest absolute Gasteiger partial charge is 0.309 e. The summed E-state index contributed by atoms with van der Waals surface area (Å²) >= 11 is 0. The highest BCUT2D eigenvalue weighted by Gasteiger charge is 2.44. The standard InChI is InChI=1S/C25H22NSi/c1-27-22-14-8-6-12-19(22)25-23(27)16-15-21-24(25)18-11-5-7-13-20(18)26(21)17-9-3-2-4-10-17/h2-5,7,9-11,13,15-16H,6,8,12,14H2,1H3/q+1. The van der Waals surface area contributed by atoms with E-state index in [1.165, 1.54) is 53.2 Å². The topological polar surface area (TPSA) is 4.93 Å². The minimum absolute atomic E-state index is 0.555. The van der Waals surface area contributed by atoms with Crippen LogP contribution in [0.3, 0.4) is 0 Å². The highest BCUT2D eigenvalue weighted by molar-refractivity contribution is 6.82. The molecule has 4 aromatic rings. The molecule has 0 fully saturated rings. The Balaban J connectivity index is 1.79. The number of rotatable bonds is 1. The number of fused-ring (bicyclic) bond motifs is 6. The van der Waals surface area contributed by atoms with E-state index in [2.05, 4.69) is 77.8 Å². The first-order chi connectivity index (χ1) is 13.3. The molecule has 3 aromatic carbocycles. The highest BCUT2D eigenvalue weighted by atomic mass is 28.3. The van der Waals surface area contributed by atoms with E-state index in [4.69, 9.17) is 0 Å². The fourth-order valence-corrected chi connectivity index (χ4v) is 7.86. The number of hydrogen-bond acceptors (Lipinski definition) is 0. The molecule has 1 aliphatic heterocycles. The predicted molar refractivity (Wildman–Crippen MR) is 117 cm³/mol. The Bertz CT molecular complexity index is 1230. The molecule has 2 heteroatoms. The lowest BCUT2D eigenvalue weighted by Crippen LogP contribution is -2.26. The monoisotopic (exact) mass is 364 g/mol. The molecule has 0 N–H and O–H groups in total. The van der Waals surface area contributed by atoms with Gasteiger partial charge in [-0.05, 0) is 61.6 Å². The fourth-order valence-electron chi connectivity index (χ4n) is 5.30. The zero-order chi connectivity index (χ0) is 18.0. The lowest BCUT2D eigenvalue weighted by molar-refractivity contribution is 0.734. The maximum Gasteiger partial charge on any atom is 0.383 e. The van der Waals surface area contributed by atoms with Gasteiger partial charge in [0.15, 0.2) is 0 Å². The van der Waals surface area contributed by atoms with Crippen LogP contribution in [0.4, 0.5) is 0 Å². The zero-order valence-corrected chi connectivity index (χ0v) is 16.6. The van der Waals surface area contributed by atoms with Gasteiger partial charge in [0.05, 0.1) is 22.8 Å². The molecule has 1 aromatic heterocycles. The van der Waals surface area contributed by atoms with Gasteiger partial charge in [-0.15, -0.1) is 0 Å². The van der Waals surface area contributed by atoms with Gasteiger partial charge in [0, 0.05) is 22.0 Å². The Morgan fingerprint density at radius 1 is 0.778 bits per heavy atom. The van der Waals surface area contributed by atoms with Crippen molar-refractivity contribution in [1.29, 1.82) is 0 Å². The van der Waals surface area contributed by atoms with Crippen LogP contribution in [0.15, 0.2) is 71.9 Å². The Hall–Kier alpha value is -2.58. The van der Waals surface area contributed by atoms with Gasteiger partial charge in [0.2, 0.25) is 0 Å². The Kier molecular flexibility index (Phi) is 3.27. The van der Waals surface area contributed by atoms with E-state index >= 15 is 0 Å². The van der Waals surface area contributed by atoms with Crippen molar-refractivity contribution in [2.24, 2.45) is 0 Å². The summed E-state index contributed by atoms with van der Waals surface area (Å²) in [5.41, 5.74) is 7.23. The van der Waals surface area contributed by atoms with Crippen molar-refractivity contribution in [2.45, 2.75) is 32.2 Å². The summed E-state index contributed by atoms with van der Waals surface area (Å²) in [5, 5.41) is 6.35. The summed E-state index contributed by atoms with van der Waals surface area (Å²) in [6.07, 6.45) is 5.33. The molecule has 130 valence electrons. The number of benzene rings is 3. The van der Waals surface area contributed by atoms with Gasteiger partial charge >= 0.3 is 8.80 Å². The molecular weight excluding hydrogens is 342 g/mol. The van der Waals surface area contributed by atoms with E-state index in [0.717, 1.165) is 0 Å². The van der Waals surface area contributed by atoms with Crippen LogP contribution in [0.25, 0.3) is 33.1 Å². The molecule has 0 atom stereocenters. The molecule has 27 heavy (non-hydrogen) atoms. The minimum Gasteiger partial charge on any atom is -0.309 e. The van der Waals surface area contributed by atoms with E-state index in [0.29, 0.717) is 0 Å². The van der Waals surface area contributed by atoms with Gasteiger partial charge in [-0.2, -0.15) is 0 Å². The van der Waals surface area contributed by atoms with Crippen LogP contribution in [-0.2, 0) is 0 Å². The summed E-state index contributed by atoms with van der Waals surface area (Å²) in [4.78, 5) is 0. The van der Waals surface area contributed by atoms with Gasteiger partial charge in [0.25, 0.3) is 0 Å². The van der Waals surface area contributed by atoms with Gasteiger partial charge in [-0.1, -0.05) is 36.4 Å². The van der Waals surface area contributed by atoms with E-state index in [1.54, 1.807) is 16.3 Å². The molecule has 0 bridgehead atoms. The molecule has 1 nitrogen and oxygen atoms in total. The van der Waals surface area contributed by atoms with Crippen molar-refractivity contribution in [3.8, 4) is 5.69 Å². The van der Waals surface area contributed by atoms with Gasteiger partial charge < -0.3 is 4.57 Å². The molecule has 1 aliphatic carbocycles. The van der Waals surface area contributed by atoms with Crippen molar-refractivity contribution in [3.63, 3.8) is 0 Å². The molecule has 2 heterocycles. The van der Waals surface area contributed by atoms with E-state index in [9.17, 15) is 0 Å². The Morgan fingerprint density at radius 3 is 2.44 bits per heavy atom. The molecule has 0 amide bonds. The van der Waals surface area contributed by atoms with E-state index in [1.807, 2.05) is 5.20 Å². The normalized spacial score (nSPS) is 16.3. The zero-order valence-electron chi connectivity index (χ0n) is 15.6. The van der Waals surface area contributed by atoms with Crippen LogP contribution >= 0.6 is 0 Å². The van der Waals surface area contributed by atoms with E-state index < -0.39 is 8.80 Å². The van der Waals surface area contributed by atoms with E-state index in [-0.39, 0.29) is 0 Å². The fraction of sp³-hybridized carbons (Fsp3) is 0.200. The number of aromatic nitrogens is 1. The average Bonchev–Trinajstić information content (AvgIpc) is 3.22. The third-order valence-corrected chi connectivity index (χ3v) is 9.16. The number of nitrogens with zero attached hydrogens (tertiary/aromatic N) is 1. The lowest BCUT2D eigenvalue weighted by Gasteiger charge is -2.12. The summed E-state index contributed by atoms with van der Waals surface area (Å²) in [5.74, 6) is 0. The summed E-state index contributed by atoms with van der Waals surface area (Å²) in [6.45, 7) is 2.51. The maximum atomic E-state index is 2.51. The highest BCUT2D eigenvalue weighted by Crippen LogP contribution is 2.44. The maximum absolute atomic E-state index is 2.51. The second kappa shape index (κ2) is 5.70. The third-order valence-electron chi connectivity index (χ3n) is 6.48. The minimum atomic E-state index is -0.555. The number of allylic oxidation sites excluding steroid dienone is 2. The number of hydrogen-bond donors (Lipinski definition) is 0. The first-order valence-corrected chi connectivity index (χ1v) is 12.0. The Labute approximate surface area is 161 Å². The second-order valence-electron chi connectivity index (χ2n) is 7.86. The first kappa shape index (κ1) is 15.5. The van der Waals surface area contributed by atoms with Crippen LogP contribution < -0.4 is 5.19 Å². The third kappa shape index (κ3) is 2.05. The predicted octanol–water partition coefficient (Wildman–Crippen LogP) is 6.00. The summed E-state index contributed by atoms with van der Waals surface area (Å²) < 4.78 is 2.45. The quantitative estimate of drug-likeness (QED) is 0.365. The molecular formula is C25H22NSi+. The first-order valence-electron chi connectivity index (χ1n) is 10.0. The summed E-state index contributed by atoms with van der Waals surface area (Å²) in [7, 11) is -0.555. The lowest BCUT2D eigenvalue weighted by atomic mass is 9.91. The molecule has 0 saturated heterocycles. The summed E-state index contributed by atoms with van der Waals surface area (Å²) in [6, 6.07) is 24.6. The van der Waals surface area contributed by atoms with Crippen LogP contribution in [0.1, 0.15) is 31.2 Å². The molecule has 0 radical (unpaired) electrons. The van der Waals surface area contributed by atoms with Gasteiger partial charge in [-0.25, -0.2) is 0 Å². The van der Waals surface area contributed by atoms with Crippen molar-refractivity contribution >= 4 is 41.4 Å². The van der Waals surface area contributed by atoms with Crippen LogP contribution in [-0.4, -0.2) is 13.4 Å². The largest absolute Gasteiger partial charge is 0.383 e. The molecule has 0 spiro atoms. The Morgan fingerprint density at radius 2 is 1.56 bits per heavy atom. The van der Waals surface area contributed by atoms with Crippen LogP contribution in [0, 0.1) is 0 Å². The SMILES string of the molecule is C[Si+]1C2=C(CCCC2)c2c1ccc1c2c2ccccc2n1-c1ccccc1. The van der Waals surface area contributed by atoms with Gasteiger partial charge in [-0.3, -0.25) is 0 Å². The van der Waals surface area contributed by atoms with Gasteiger partial charge in [0.1, 0.15) is 5.19 Å².